The van der Waals surface area contributed by atoms with Crippen LogP contribution in [-0.2, 0) is 5.41 Å². The first-order valence-electron chi connectivity index (χ1n) is 16.9. The van der Waals surface area contributed by atoms with E-state index in [4.69, 9.17) is 19.7 Å². The van der Waals surface area contributed by atoms with E-state index in [1.54, 1.807) is 0 Å². The van der Waals surface area contributed by atoms with Gasteiger partial charge in [0.05, 0.1) is 5.41 Å². The molecular weight excluding hydrogens is 611 g/mol. The Morgan fingerprint density at radius 3 is 1.26 bits per heavy atom. The summed E-state index contributed by atoms with van der Waals surface area (Å²) in [5, 5.41) is 0. The average Bonchev–Trinajstić information content (AvgIpc) is 3.50. The van der Waals surface area contributed by atoms with Gasteiger partial charge in [0.1, 0.15) is 11.5 Å². The molecule has 1 aromatic heterocycles. The molecule has 8 aromatic rings. The number of hydrogen-bond donors (Lipinski definition) is 0. The number of aromatic nitrogens is 3. The third kappa shape index (κ3) is 4.15. The SMILES string of the molecule is c1ccc(-c2nc(-c3ccccc3)nc(-c3cccc4c3-c3c(-c5ccccc5)cccc3C43c4ccccc4Oc4ccccc43)n2)cc1. The van der Waals surface area contributed by atoms with Crippen LogP contribution >= 0.6 is 0 Å². The summed E-state index contributed by atoms with van der Waals surface area (Å²) < 4.78 is 6.62. The third-order valence-electron chi connectivity index (χ3n) is 10.0. The lowest BCUT2D eigenvalue weighted by Gasteiger charge is -2.39. The van der Waals surface area contributed by atoms with Crippen LogP contribution in [0.15, 0.2) is 176 Å². The third-order valence-corrected chi connectivity index (χ3v) is 10.0. The minimum Gasteiger partial charge on any atom is -0.457 e. The highest BCUT2D eigenvalue weighted by atomic mass is 16.5. The van der Waals surface area contributed by atoms with Gasteiger partial charge in [0, 0.05) is 27.8 Å². The van der Waals surface area contributed by atoms with Gasteiger partial charge >= 0.3 is 0 Å². The Bertz CT molecular complexity index is 2460. The second-order valence-corrected chi connectivity index (χ2v) is 12.7. The zero-order valence-electron chi connectivity index (χ0n) is 27.0. The molecule has 50 heavy (non-hydrogen) atoms. The molecule has 1 spiro atoms. The molecule has 234 valence electrons. The summed E-state index contributed by atoms with van der Waals surface area (Å²) in [6.07, 6.45) is 0. The van der Waals surface area contributed by atoms with Gasteiger partial charge in [-0.2, -0.15) is 0 Å². The number of nitrogens with zero attached hydrogens (tertiary/aromatic N) is 3. The van der Waals surface area contributed by atoms with Crippen molar-refractivity contribution < 1.29 is 4.74 Å². The van der Waals surface area contributed by atoms with E-state index in [0.717, 1.165) is 56.0 Å². The van der Waals surface area contributed by atoms with E-state index in [1.165, 1.54) is 16.7 Å². The fourth-order valence-corrected chi connectivity index (χ4v) is 7.96. The van der Waals surface area contributed by atoms with Gasteiger partial charge in [0.15, 0.2) is 17.5 Å². The fourth-order valence-electron chi connectivity index (χ4n) is 7.96. The topological polar surface area (TPSA) is 47.9 Å². The van der Waals surface area contributed by atoms with Crippen molar-refractivity contribution in [2.24, 2.45) is 0 Å². The summed E-state index contributed by atoms with van der Waals surface area (Å²) in [5.74, 6) is 3.63. The van der Waals surface area contributed by atoms with Gasteiger partial charge in [-0.3, -0.25) is 0 Å². The summed E-state index contributed by atoms with van der Waals surface area (Å²) >= 11 is 0. The quantitative estimate of drug-likeness (QED) is 0.192. The van der Waals surface area contributed by atoms with Crippen LogP contribution in [0.25, 0.3) is 56.4 Å². The van der Waals surface area contributed by atoms with Crippen LogP contribution in [-0.4, -0.2) is 15.0 Å². The van der Waals surface area contributed by atoms with Crippen molar-refractivity contribution >= 4 is 0 Å². The molecule has 2 heterocycles. The van der Waals surface area contributed by atoms with Crippen molar-refractivity contribution in [2.45, 2.75) is 5.41 Å². The smallest absolute Gasteiger partial charge is 0.164 e. The molecular formula is C46H29N3O. The number of rotatable bonds is 4. The monoisotopic (exact) mass is 639 g/mol. The van der Waals surface area contributed by atoms with E-state index in [-0.39, 0.29) is 0 Å². The van der Waals surface area contributed by atoms with Gasteiger partial charge in [-0.1, -0.05) is 164 Å². The Balaban J connectivity index is 1.34. The number of para-hydroxylation sites is 2. The first kappa shape index (κ1) is 28.4. The summed E-state index contributed by atoms with van der Waals surface area (Å²) in [5.41, 5.74) is 11.5. The molecule has 0 radical (unpaired) electrons. The average molecular weight is 640 g/mol. The van der Waals surface area contributed by atoms with Gasteiger partial charge < -0.3 is 4.74 Å². The molecule has 4 nitrogen and oxygen atoms in total. The maximum Gasteiger partial charge on any atom is 0.164 e. The molecule has 4 heteroatoms. The summed E-state index contributed by atoms with van der Waals surface area (Å²) in [7, 11) is 0. The Labute approximate surface area is 290 Å². The number of ether oxygens (including phenoxy) is 1. The minimum atomic E-state index is -0.631. The predicted octanol–water partition coefficient (Wildman–Crippen LogP) is 11.0. The summed E-state index contributed by atoms with van der Waals surface area (Å²) in [4.78, 5) is 15.5. The summed E-state index contributed by atoms with van der Waals surface area (Å²) in [6.45, 7) is 0. The molecule has 0 fully saturated rings. The van der Waals surface area contributed by atoms with Gasteiger partial charge in [-0.15, -0.1) is 0 Å². The van der Waals surface area contributed by atoms with Crippen LogP contribution in [0.2, 0.25) is 0 Å². The van der Waals surface area contributed by atoms with Gasteiger partial charge in [0.25, 0.3) is 0 Å². The second kappa shape index (κ2) is 11.2. The lowest BCUT2D eigenvalue weighted by molar-refractivity contribution is 0.436. The summed E-state index contributed by atoms with van der Waals surface area (Å²) in [6, 6.07) is 61.3. The number of fused-ring (bicyclic) bond motifs is 9. The molecule has 0 N–H and O–H groups in total. The van der Waals surface area contributed by atoms with E-state index >= 15 is 0 Å². The van der Waals surface area contributed by atoms with Gasteiger partial charge in [-0.25, -0.2) is 15.0 Å². The predicted molar refractivity (Wildman–Crippen MR) is 199 cm³/mol. The van der Waals surface area contributed by atoms with Crippen molar-refractivity contribution in [1.82, 2.24) is 15.0 Å². The van der Waals surface area contributed by atoms with Crippen LogP contribution in [0.4, 0.5) is 0 Å². The Morgan fingerprint density at radius 2 is 0.720 bits per heavy atom. The van der Waals surface area contributed by atoms with Crippen molar-refractivity contribution in [3.63, 3.8) is 0 Å². The minimum absolute atomic E-state index is 0.631. The van der Waals surface area contributed by atoms with E-state index < -0.39 is 5.41 Å². The van der Waals surface area contributed by atoms with Crippen LogP contribution in [0.3, 0.4) is 0 Å². The van der Waals surface area contributed by atoms with Crippen molar-refractivity contribution in [2.75, 3.05) is 0 Å². The molecule has 7 aromatic carbocycles. The largest absolute Gasteiger partial charge is 0.457 e. The molecule has 2 aliphatic rings. The van der Waals surface area contributed by atoms with Crippen LogP contribution in [0.1, 0.15) is 22.3 Å². The first-order valence-corrected chi connectivity index (χ1v) is 16.9. The van der Waals surface area contributed by atoms with Gasteiger partial charge in [-0.05, 0) is 45.5 Å². The van der Waals surface area contributed by atoms with Gasteiger partial charge in [0.2, 0.25) is 0 Å². The Kier molecular flexibility index (Phi) is 6.36. The molecule has 0 atom stereocenters. The fraction of sp³-hybridized carbons (Fsp3) is 0.0217. The molecule has 0 unspecified atom stereocenters. The van der Waals surface area contributed by atoms with E-state index in [0.29, 0.717) is 17.5 Å². The van der Waals surface area contributed by atoms with Crippen molar-refractivity contribution in [1.29, 1.82) is 0 Å². The first-order chi connectivity index (χ1) is 24.8. The molecule has 1 aliphatic carbocycles. The normalized spacial score (nSPS) is 13.1. The maximum atomic E-state index is 6.62. The second-order valence-electron chi connectivity index (χ2n) is 12.7. The molecule has 0 saturated heterocycles. The lowest BCUT2D eigenvalue weighted by atomic mass is 9.66. The molecule has 10 rings (SSSR count). The highest BCUT2D eigenvalue weighted by molar-refractivity contribution is 6.01. The standard InChI is InChI=1S/C46H29N3O/c1-4-16-30(17-5-1)33-22-14-26-37-41(33)42-34(45-48-43(31-18-6-2-7-19-31)47-44(49-45)32-20-8-3-9-21-32)23-15-27-38(42)46(37)35-24-10-12-28-39(35)50-40-29-13-11-25-36(40)46/h1-29H. The molecule has 0 saturated carbocycles. The molecule has 1 aliphatic heterocycles. The highest BCUT2D eigenvalue weighted by Crippen LogP contribution is 2.64. The zero-order chi connectivity index (χ0) is 33.1. The molecule has 0 bridgehead atoms. The van der Waals surface area contributed by atoms with E-state index in [9.17, 15) is 0 Å². The zero-order valence-corrected chi connectivity index (χ0v) is 27.0. The van der Waals surface area contributed by atoms with Crippen LogP contribution in [0, 0.1) is 0 Å². The van der Waals surface area contributed by atoms with E-state index in [2.05, 4.69) is 140 Å². The Morgan fingerprint density at radius 1 is 0.320 bits per heavy atom. The number of hydrogen-bond acceptors (Lipinski definition) is 4. The lowest BCUT2D eigenvalue weighted by Crippen LogP contribution is -2.32. The van der Waals surface area contributed by atoms with Crippen molar-refractivity contribution in [3.8, 4) is 67.9 Å². The number of benzene rings is 7. The van der Waals surface area contributed by atoms with Crippen LogP contribution < -0.4 is 4.74 Å². The maximum absolute atomic E-state index is 6.62. The highest BCUT2D eigenvalue weighted by Gasteiger charge is 2.52. The van der Waals surface area contributed by atoms with E-state index in [1.807, 2.05) is 36.4 Å². The molecule has 0 amide bonds. The Hall–Kier alpha value is -6.65. The van der Waals surface area contributed by atoms with Crippen molar-refractivity contribution in [3.05, 3.63) is 198 Å². The van der Waals surface area contributed by atoms with Crippen LogP contribution in [0.5, 0.6) is 11.5 Å².